The van der Waals surface area contributed by atoms with Crippen molar-refractivity contribution >= 4 is 24.2 Å². The number of rotatable bonds is 3. The van der Waals surface area contributed by atoms with Gasteiger partial charge in [0.15, 0.2) is 0 Å². The van der Waals surface area contributed by atoms with Gasteiger partial charge in [0.25, 0.3) is 11.8 Å². The second-order valence-corrected chi connectivity index (χ2v) is 6.29. The number of halogens is 1. The summed E-state index contributed by atoms with van der Waals surface area (Å²) in [6.45, 7) is 6.25. The first-order chi connectivity index (χ1) is 10.6. The molecule has 1 aromatic rings. The molecule has 1 N–H and O–H groups in total. The highest BCUT2D eigenvalue weighted by molar-refractivity contribution is 5.99. The van der Waals surface area contributed by atoms with Crippen LogP contribution in [0.25, 0.3) is 0 Å². The molecule has 2 heterocycles. The van der Waals surface area contributed by atoms with Gasteiger partial charge in [-0.2, -0.15) is 0 Å². The Hall–Kier alpha value is -1.59. The van der Waals surface area contributed by atoms with Crippen LogP contribution in [0.1, 0.15) is 27.6 Å². The van der Waals surface area contributed by atoms with Crippen LogP contribution in [0.2, 0.25) is 0 Å². The normalized spacial score (nSPS) is 22.4. The summed E-state index contributed by atoms with van der Waals surface area (Å²) in [7, 11) is 1.77. The standard InChI is InChI=1S/C17H23N3O2.ClH/c1-3-19(2)16(21)12-5-4-6-13(7-12)17(22)20-10-14-8-18-9-15(14)11-20;/h4-7,14-15,18H,3,8-11H2,1-2H3;1H/t14-,15+;. The maximum Gasteiger partial charge on any atom is 0.253 e. The van der Waals surface area contributed by atoms with Gasteiger partial charge in [0.1, 0.15) is 0 Å². The second kappa shape index (κ2) is 7.32. The van der Waals surface area contributed by atoms with Crippen molar-refractivity contribution in [2.75, 3.05) is 39.8 Å². The van der Waals surface area contributed by atoms with Gasteiger partial charge in [0.2, 0.25) is 0 Å². The Kier molecular flexibility index (Phi) is 5.65. The highest BCUT2D eigenvalue weighted by Gasteiger charge is 2.38. The zero-order valence-electron chi connectivity index (χ0n) is 13.6. The fraction of sp³-hybridized carbons (Fsp3) is 0.529. The lowest BCUT2D eigenvalue weighted by molar-refractivity contribution is 0.0781. The number of benzene rings is 1. The van der Waals surface area contributed by atoms with Crippen LogP contribution in [0.4, 0.5) is 0 Å². The van der Waals surface area contributed by atoms with Crippen LogP contribution in [-0.2, 0) is 0 Å². The number of carbonyl (C=O) groups is 2. The average Bonchev–Trinajstić information content (AvgIpc) is 3.14. The van der Waals surface area contributed by atoms with E-state index in [9.17, 15) is 9.59 Å². The van der Waals surface area contributed by atoms with E-state index in [2.05, 4.69) is 5.32 Å². The van der Waals surface area contributed by atoms with Gasteiger partial charge in [0, 0.05) is 50.9 Å². The number of fused-ring (bicyclic) bond motifs is 1. The highest BCUT2D eigenvalue weighted by atomic mass is 35.5. The molecule has 0 radical (unpaired) electrons. The van der Waals surface area contributed by atoms with Gasteiger partial charge in [-0.15, -0.1) is 12.4 Å². The first-order valence-electron chi connectivity index (χ1n) is 7.95. The zero-order valence-corrected chi connectivity index (χ0v) is 14.4. The van der Waals surface area contributed by atoms with Crippen molar-refractivity contribution in [3.8, 4) is 0 Å². The minimum atomic E-state index is -0.0420. The average molecular weight is 338 g/mol. The SMILES string of the molecule is CCN(C)C(=O)c1cccc(C(=O)N2C[C@H]3CNC[C@H]3C2)c1.Cl. The molecule has 1 aromatic carbocycles. The van der Waals surface area contributed by atoms with Gasteiger partial charge in [-0.05, 0) is 37.0 Å². The molecule has 0 bridgehead atoms. The Labute approximate surface area is 143 Å². The van der Waals surface area contributed by atoms with Crippen LogP contribution >= 0.6 is 12.4 Å². The summed E-state index contributed by atoms with van der Waals surface area (Å²) in [4.78, 5) is 28.5. The lowest BCUT2D eigenvalue weighted by Gasteiger charge is -2.19. The summed E-state index contributed by atoms with van der Waals surface area (Å²) >= 11 is 0. The van der Waals surface area contributed by atoms with Crippen molar-refractivity contribution in [2.45, 2.75) is 6.92 Å². The molecule has 23 heavy (non-hydrogen) atoms. The molecule has 2 aliphatic rings. The van der Waals surface area contributed by atoms with Gasteiger partial charge < -0.3 is 15.1 Å². The van der Waals surface area contributed by atoms with Crippen LogP contribution in [0, 0.1) is 11.8 Å². The minimum Gasteiger partial charge on any atom is -0.342 e. The predicted molar refractivity (Wildman–Crippen MR) is 92.1 cm³/mol. The molecule has 0 aliphatic carbocycles. The van der Waals surface area contributed by atoms with Crippen LogP contribution in [0.5, 0.6) is 0 Å². The van der Waals surface area contributed by atoms with Crippen molar-refractivity contribution in [3.05, 3.63) is 35.4 Å². The van der Waals surface area contributed by atoms with E-state index in [1.54, 1.807) is 36.2 Å². The van der Waals surface area contributed by atoms with Crippen LogP contribution in [0.3, 0.4) is 0 Å². The maximum atomic E-state index is 12.7. The number of hydrogen-bond acceptors (Lipinski definition) is 3. The quantitative estimate of drug-likeness (QED) is 0.909. The molecular weight excluding hydrogens is 314 g/mol. The molecular formula is C17H24ClN3O2. The van der Waals surface area contributed by atoms with E-state index >= 15 is 0 Å². The number of nitrogens with one attached hydrogen (secondary N) is 1. The van der Waals surface area contributed by atoms with Gasteiger partial charge in [-0.3, -0.25) is 9.59 Å². The van der Waals surface area contributed by atoms with Crippen molar-refractivity contribution in [1.82, 2.24) is 15.1 Å². The number of hydrogen-bond donors (Lipinski definition) is 1. The van der Waals surface area contributed by atoms with Crippen molar-refractivity contribution in [1.29, 1.82) is 0 Å². The summed E-state index contributed by atoms with van der Waals surface area (Å²) in [5, 5.41) is 3.38. The van der Waals surface area contributed by atoms with Crippen LogP contribution < -0.4 is 5.32 Å². The van der Waals surface area contributed by atoms with Crippen LogP contribution in [0.15, 0.2) is 24.3 Å². The highest BCUT2D eigenvalue weighted by Crippen LogP contribution is 2.27. The second-order valence-electron chi connectivity index (χ2n) is 6.29. The Bertz CT molecular complexity index is 581. The number of likely N-dealkylation sites (tertiary alicyclic amines) is 1. The van der Waals surface area contributed by atoms with E-state index < -0.39 is 0 Å². The summed E-state index contributed by atoms with van der Waals surface area (Å²) in [6.07, 6.45) is 0. The molecule has 2 fully saturated rings. The van der Waals surface area contributed by atoms with Gasteiger partial charge in [-0.25, -0.2) is 0 Å². The van der Waals surface area contributed by atoms with Crippen molar-refractivity contribution in [2.24, 2.45) is 11.8 Å². The maximum absolute atomic E-state index is 12.7. The van der Waals surface area contributed by atoms with E-state index in [-0.39, 0.29) is 24.2 Å². The van der Waals surface area contributed by atoms with Gasteiger partial charge in [0.05, 0.1) is 0 Å². The lowest BCUT2D eigenvalue weighted by atomic mass is 10.0. The van der Waals surface area contributed by atoms with Gasteiger partial charge in [-0.1, -0.05) is 6.07 Å². The number of amides is 2. The largest absolute Gasteiger partial charge is 0.342 e. The van der Waals surface area contributed by atoms with E-state index in [0.29, 0.717) is 29.5 Å². The molecule has 2 amide bonds. The molecule has 2 aliphatic heterocycles. The summed E-state index contributed by atoms with van der Waals surface area (Å²) in [5.41, 5.74) is 1.19. The van der Waals surface area contributed by atoms with E-state index in [0.717, 1.165) is 26.2 Å². The van der Waals surface area contributed by atoms with Crippen LogP contribution in [-0.4, -0.2) is 61.4 Å². The molecule has 6 heteroatoms. The van der Waals surface area contributed by atoms with Crippen molar-refractivity contribution < 1.29 is 9.59 Å². The molecule has 2 saturated heterocycles. The third-order valence-corrected chi connectivity index (χ3v) is 4.85. The molecule has 0 saturated carbocycles. The summed E-state index contributed by atoms with van der Waals surface area (Å²) in [6, 6.07) is 7.09. The first-order valence-corrected chi connectivity index (χ1v) is 7.95. The van der Waals surface area contributed by atoms with Crippen molar-refractivity contribution in [3.63, 3.8) is 0 Å². The monoisotopic (exact) mass is 337 g/mol. The third-order valence-electron chi connectivity index (χ3n) is 4.85. The molecule has 0 spiro atoms. The summed E-state index contributed by atoms with van der Waals surface area (Å²) in [5.74, 6) is 1.17. The van der Waals surface area contributed by atoms with Gasteiger partial charge >= 0.3 is 0 Å². The molecule has 5 nitrogen and oxygen atoms in total. The number of nitrogens with zero attached hydrogens (tertiary/aromatic N) is 2. The predicted octanol–water partition coefficient (Wildman–Crippen LogP) is 1.49. The molecule has 0 unspecified atom stereocenters. The smallest absolute Gasteiger partial charge is 0.253 e. The fourth-order valence-corrected chi connectivity index (χ4v) is 3.35. The fourth-order valence-electron chi connectivity index (χ4n) is 3.35. The van der Waals surface area contributed by atoms with E-state index in [4.69, 9.17) is 0 Å². The van der Waals surface area contributed by atoms with E-state index in [1.165, 1.54) is 0 Å². The minimum absolute atomic E-state index is 0. The topological polar surface area (TPSA) is 52.7 Å². The Morgan fingerprint density at radius 2 is 1.83 bits per heavy atom. The Balaban J connectivity index is 0.00000192. The lowest BCUT2D eigenvalue weighted by Crippen LogP contribution is -2.32. The Morgan fingerprint density at radius 3 is 2.43 bits per heavy atom. The molecule has 0 aromatic heterocycles. The first kappa shape index (κ1) is 17.8. The summed E-state index contributed by atoms with van der Waals surface area (Å²) < 4.78 is 0. The van der Waals surface area contributed by atoms with E-state index in [1.807, 2.05) is 11.8 Å². The molecule has 2 atom stereocenters. The zero-order chi connectivity index (χ0) is 15.7. The Morgan fingerprint density at radius 1 is 1.22 bits per heavy atom. The number of carbonyl (C=O) groups excluding carboxylic acids is 2. The molecule has 3 rings (SSSR count). The molecule has 126 valence electrons. The third kappa shape index (κ3) is 3.51.